The van der Waals surface area contributed by atoms with Crippen LogP contribution in [0.5, 0.6) is 0 Å². The second-order valence-electron chi connectivity index (χ2n) is 29.6. The summed E-state index contributed by atoms with van der Waals surface area (Å²) in [5, 5.41) is 44.7. The molecule has 9 aliphatic heterocycles. The molecule has 15 heterocycles. The molecule has 0 saturated carbocycles. The summed E-state index contributed by atoms with van der Waals surface area (Å²) < 4.78 is 61.6. The lowest BCUT2D eigenvalue weighted by Gasteiger charge is -2.35. The average molecular weight is 1650 g/mol. The highest BCUT2D eigenvalue weighted by Crippen LogP contribution is 2.50. The zero-order valence-electron chi connectivity index (χ0n) is 65.0. The number of urea groups is 3. The van der Waals surface area contributed by atoms with Crippen molar-refractivity contribution in [2.24, 2.45) is 11.8 Å². The molecule has 9 amide bonds. The van der Waals surface area contributed by atoms with E-state index < -0.39 is 152 Å². The fraction of sp³-hybridized carbons (Fsp3) is 0.462. The van der Waals surface area contributed by atoms with Gasteiger partial charge in [-0.25, -0.2) is 64.0 Å². The van der Waals surface area contributed by atoms with Gasteiger partial charge in [0.15, 0.2) is 107 Å². The highest BCUT2D eigenvalue weighted by Gasteiger charge is 2.61. The number of fused-ring (bicyclic) bond motifs is 6. The number of aromatic nitrogens is 12. The van der Waals surface area contributed by atoms with E-state index >= 15 is 0 Å². The van der Waals surface area contributed by atoms with E-state index in [9.17, 15) is 58.5 Å². The lowest BCUT2D eigenvalue weighted by atomic mass is 9.97. The molecule has 9 aliphatic rings. The third-order valence-corrected chi connectivity index (χ3v) is 22.0. The molecule has 0 spiro atoms. The van der Waals surface area contributed by atoms with Crippen molar-refractivity contribution in [1.29, 1.82) is 0 Å². The lowest BCUT2D eigenvalue weighted by Crippen LogP contribution is -2.53. The van der Waals surface area contributed by atoms with Gasteiger partial charge in [0.2, 0.25) is 0 Å². The number of ether oxygens (including phenoxy) is 9. The summed E-state index contributed by atoms with van der Waals surface area (Å²) in [4.78, 5) is 156. The fourth-order valence-electron chi connectivity index (χ4n) is 16.4. The van der Waals surface area contributed by atoms with Crippen LogP contribution >= 0.6 is 0 Å². The van der Waals surface area contributed by atoms with Gasteiger partial charge in [-0.05, 0) is 65.7 Å². The van der Waals surface area contributed by atoms with Crippen LogP contribution in [0.4, 0.5) is 31.8 Å². The molecule has 0 radical (unpaired) electrons. The first-order chi connectivity index (χ1) is 58.3. The Morgan fingerprint density at radius 2 is 0.708 bits per heavy atom. The van der Waals surface area contributed by atoms with E-state index in [1.807, 2.05) is 91.0 Å². The molecule has 9 N–H and O–H groups in total. The maximum atomic E-state index is 13.8. The molecule has 9 aromatic rings. The van der Waals surface area contributed by atoms with E-state index in [0.717, 1.165) is 23.1 Å². The normalized spacial score (nSPS) is 27.9. The summed E-state index contributed by atoms with van der Waals surface area (Å²) in [7, 11) is 0. The van der Waals surface area contributed by atoms with E-state index in [2.05, 4.69) is 76.8 Å². The van der Waals surface area contributed by atoms with Gasteiger partial charge in [0, 0.05) is 69.0 Å². The van der Waals surface area contributed by atoms with Crippen LogP contribution in [0.1, 0.15) is 120 Å². The maximum Gasteiger partial charge on any atom is 0.326 e. The number of aliphatic carboxylic acids is 3. The van der Waals surface area contributed by atoms with Gasteiger partial charge in [0.05, 0.1) is 30.8 Å². The molecule has 6 aromatic heterocycles. The number of rotatable bonds is 18. The molecule has 120 heavy (non-hydrogen) atoms. The molecule has 12 unspecified atom stereocenters. The summed E-state index contributed by atoms with van der Waals surface area (Å²) in [6.07, 6.45) is -0.0757. The van der Waals surface area contributed by atoms with Crippen molar-refractivity contribution in [3.05, 3.63) is 146 Å². The third kappa shape index (κ3) is 16.5. The van der Waals surface area contributed by atoms with E-state index in [4.69, 9.17) is 42.6 Å². The molecule has 9 saturated heterocycles. The van der Waals surface area contributed by atoms with E-state index in [-0.39, 0.29) is 42.4 Å². The van der Waals surface area contributed by atoms with Gasteiger partial charge in [-0.2, -0.15) is 0 Å². The quantitative estimate of drug-likeness (QED) is 0.0536. The molecule has 630 valence electrons. The SMILES string of the molecule is CCNC(=O)Nc1ncnc2c1ncn2C1OC(C(=O)N2CCCC[C@@H]2C(=O)O)C2O[C@H](c3ccccc3)OC21.CCNC(=O)Nc1ncnc2c1ncn2C1OC(C(=O)N2CCC[C@@H](C(=O)O)C2)C2O[C@H](c3ccccc3)OC21.CCNC(=O)Nc1ncnc2c1ncn2C1OC(C(=O)N2CCC[C@H](C(=O)O)C2)C2O[C@H](c3ccccc3)OC21. The first-order valence-corrected chi connectivity index (χ1v) is 39.6. The number of nitrogens with zero attached hydrogens (tertiary/aromatic N) is 15. The van der Waals surface area contributed by atoms with Crippen LogP contribution in [0, 0.1) is 11.8 Å². The molecule has 0 aliphatic carbocycles. The average Bonchev–Trinajstić information content (AvgIpc) is 1.60. The van der Waals surface area contributed by atoms with Crippen LogP contribution in [-0.4, -0.2) is 256 Å². The number of hydrogen-bond donors (Lipinski definition) is 9. The van der Waals surface area contributed by atoms with Crippen molar-refractivity contribution in [2.75, 3.05) is 68.3 Å². The number of carbonyl (C=O) groups is 9. The highest BCUT2D eigenvalue weighted by atomic mass is 16.8. The minimum Gasteiger partial charge on any atom is -0.481 e. The number of anilines is 3. The second kappa shape index (κ2) is 35.6. The van der Waals surface area contributed by atoms with Gasteiger partial charge in [-0.3, -0.25) is 53.6 Å². The number of nitrogens with one attached hydrogen (secondary N) is 6. The maximum absolute atomic E-state index is 13.8. The van der Waals surface area contributed by atoms with Crippen LogP contribution in [-0.2, 0) is 71.4 Å². The van der Waals surface area contributed by atoms with E-state index in [0.29, 0.717) is 111 Å². The van der Waals surface area contributed by atoms with Crippen molar-refractivity contribution in [3.8, 4) is 0 Å². The predicted octanol–water partition coefficient (Wildman–Crippen LogP) is 5.16. The zero-order chi connectivity index (χ0) is 83.4. The van der Waals surface area contributed by atoms with Crippen LogP contribution in [0.25, 0.3) is 33.5 Å². The summed E-state index contributed by atoms with van der Waals surface area (Å²) in [6, 6.07) is 25.9. The Labute approximate surface area is 682 Å². The van der Waals surface area contributed by atoms with Crippen LogP contribution < -0.4 is 31.9 Å². The highest BCUT2D eigenvalue weighted by molar-refractivity contribution is 5.98. The first-order valence-electron chi connectivity index (χ1n) is 39.6. The third-order valence-electron chi connectivity index (χ3n) is 22.0. The van der Waals surface area contributed by atoms with Crippen LogP contribution in [0.2, 0.25) is 0 Å². The number of imidazole rings is 3. The smallest absolute Gasteiger partial charge is 0.326 e. The number of benzene rings is 3. The van der Waals surface area contributed by atoms with Gasteiger partial charge in [0.1, 0.15) is 61.6 Å². The number of piperidine rings is 3. The van der Waals surface area contributed by atoms with Crippen LogP contribution in [0.3, 0.4) is 0 Å². The standard InChI is InChI=1S/3C26H29N7O7/c1-2-27-26(37)31-20-16-21(29-12-28-20)33(13-30-16)23-19-17(39-25(40-19)14-8-4-3-5-9-14)18(38-23)22(34)32-11-7-6-10-15(32)24(35)36;2*1-2-27-26(37)31-20-16-21(29-12-28-20)33(13-30-16)23-19-17(39-25(40-19)14-7-4-3-5-8-14)18(38-23)22(34)32-10-6-9-15(11-32)24(35)36/h3-5,8-9,12-13,15,17-19,23,25H,2,6-7,10-11H2,1H3,(H,35,36)(H2,27,28,29,31,37);2*3-5,7-8,12-13,15,17-19,23,25H,2,6,9-11H2,1H3,(H,35,36)(H2,27,28,29,31,37)/t2*15-,17?,18?,19?,23?,25+;15-,17?,18?,19?,23?,25-/m110/s1. The number of amides is 9. The molecule has 42 heteroatoms. The van der Waals surface area contributed by atoms with E-state index in [1.54, 1.807) is 34.5 Å². The second-order valence-corrected chi connectivity index (χ2v) is 29.6. The Balaban J connectivity index is 0.000000134. The topological polar surface area (TPSA) is 510 Å². The van der Waals surface area contributed by atoms with Crippen molar-refractivity contribution in [3.63, 3.8) is 0 Å². The number of carboxylic acid groups (broad SMARTS) is 3. The fourth-order valence-corrected chi connectivity index (χ4v) is 16.4. The lowest BCUT2D eigenvalue weighted by molar-refractivity contribution is -0.174. The number of hydrogen-bond acceptors (Lipinski definition) is 27. The van der Waals surface area contributed by atoms with Crippen molar-refractivity contribution >= 4 is 105 Å². The Morgan fingerprint density at radius 3 is 1.03 bits per heavy atom. The summed E-state index contributed by atoms with van der Waals surface area (Å²) >= 11 is 0. The van der Waals surface area contributed by atoms with Crippen molar-refractivity contribution in [2.45, 2.75) is 164 Å². The molecule has 0 bridgehead atoms. The van der Waals surface area contributed by atoms with E-state index in [1.165, 1.54) is 52.7 Å². The molecule has 42 nitrogen and oxygen atoms in total. The Kier molecular flexibility index (Phi) is 24.2. The van der Waals surface area contributed by atoms with Gasteiger partial charge >= 0.3 is 36.0 Å². The minimum atomic E-state index is -1.11. The monoisotopic (exact) mass is 1650 g/mol. The number of carbonyl (C=O) groups excluding carboxylic acids is 6. The minimum absolute atomic E-state index is 0.106. The van der Waals surface area contributed by atoms with Gasteiger partial charge in [-0.1, -0.05) is 91.0 Å². The van der Waals surface area contributed by atoms with Crippen molar-refractivity contribution < 1.29 is 101 Å². The first kappa shape index (κ1) is 81.3. The molecular formula is C78H87N21O21. The predicted molar refractivity (Wildman–Crippen MR) is 413 cm³/mol. The van der Waals surface area contributed by atoms with Gasteiger partial charge in [-0.15, -0.1) is 0 Å². The van der Waals surface area contributed by atoms with Gasteiger partial charge in [0.25, 0.3) is 17.7 Å². The number of likely N-dealkylation sites (tertiary alicyclic amines) is 3. The van der Waals surface area contributed by atoms with Crippen molar-refractivity contribution in [1.82, 2.24) is 89.2 Å². The van der Waals surface area contributed by atoms with Gasteiger partial charge < -0.3 is 88.6 Å². The molecule has 18 rings (SSSR count). The van der Waals surface area contributed by atoms with Crippen LogP contribution in [0.15, 0.2) is 129 Å². The largest absolute Gasteiger partial charge is 0.481 e. The Bertz CT molecular complexity index is 5050. The summed E-state index contributed by atoms with van der Waals surface area (Å²) in [5.41, 5.74) is 4.44. The molecule has 9 fully saturated rings. The molecular weight excluding hydrogens is 1570 g/mol. The molecule has 18 atom stereocenters. The summed E-state index contributed by atoms with van der Waals surface area (Å²) in [6.45, 7) is 8.10. The number of carboxylic acids is 3. The Hall–Kier alpha value is -12.4. The Morgan fingerprint density at radius 1 is 0.375 bits per heavy atom. The zero-order valence-corrected chi connectivity index (χ0v) is 65.0. The molecule has 3 aromatic carbocycles. The summed E-state index contributed by atoms with van der Waals surface area (Å²) in [5.74, 6) is -4.67.